The molecule has 32 heavy (non-hydrogen) atoms. The maximum atomic E-state index is 13.3. The number of hydrogen-bond donors (Lipinski definition) is 2. The Hall–Kier alpha value is -2.49. The largest absolute Gasteiger partial charge is 0.446 e. The van der Waals surface area contributed by atoms with Crippen LogP contribution in [0.2, 0.25) is 5.02 Å². The van der Waals surface area contributed by atoms with Gasteiger partial charge in [-0.2, -0.15) is 4.72 Å². The first kappa shape index (κ1) is 24.2. The highest BCUT2D eigenvalue weighted by Gasteiger charge is 2.35. The smallest absolute Gasteiger partial charge is 0.325 e. The SMILES string of the molecule is CC(C)[C@H](NS(=O)(=O)c1cccc(Cl)c1)C(=O)OC(C(=O)NC1CC1)c1ccc(F)cc1. The lowest BCUT2D eigenvalue weighted by molar-refractivity contribution is -0.159. The molecule has 0 spiro atoms. The number of nitrogens with one attached hydrogen (secondary N) is 2. The van der Waals surface area contributed by atoms with Crippen LogP contribution in [0.1, 0.15) is 38.4 Å². The number of rotatable bonds is 9. The Balaban J connectivity index is 1.82. The Morgan fingerprint density at radius 3 is 2.34 bits per heavy atom. The van der Waals surface area contributed by atoms with E-state index in [-0.39, 0.29) is 21.5 Å². The minimum absolute atomic E-state index is 0.00591. The minimum Gasteiger partial charge on any atom is -0.446 e. The molecule has 2 aromatic carbocycles. The third-order valence-electron chi connectivity index (χ3n) is 4.88. The van der Waals surface area contributed by atoms with Gasteiger partial charge in [-0.1, -0.05) is 43.6 Å². The van der Waals surface area contributed by atoms with Gasteiger partial charge in [-0.3, -0.25) is 9.59 Å². The highest BCUT2D eigenvalue weighted by atomic mass is 35.5. The summed E-state index contributed by atoms with van der Waals surface area (Å²) in [5, 5.41) is 2.98. The minimum atomic E-state index is -4.09. The van der Waals surface area contributed by atoms with Crippen molar-refractivity contribution in [2.24, 2.45) is 5.92 Å². The molecule has 0 radical (unpaired) electrons. The van der Waals surface area contributed by atoms with Crippen LogP contribution < -0.4 is 10.0 Å². The summed E-state index contributed by atoms with van der Waals surface area (Å²) in [5.41, 5.74) is 0.276. The monoisotopic (exact) mass is 482 g/mol. The highest BCUT2D eigenvalue weighted by molar-refractivity contribution is 7.89. The fourth-order valence-electron chi connectivity index (χ4n) is 2.93. The molecule has 1 aliphatic carbocycles. The van der Waals surface area contributed by atoms with Crippen LogP contribution in [0.5, 0.6) is 0 Å². The van der Waals surface area contributed by atoms with E-state index in [2.05, 4.69) is 10.0 Å². The van der Waals surface area contributed by atoms with E-state index in [4.69, 9.17) is 16.3 Å². The number of carbonyl (C=O) groups is 2. The van der Waals surface area contributed by atoms with Crippen molar-refractivity contribution in [2.75, 3.05) is 0 Å². The molecule has 0 saturated heterocycles. The molecular weight excluding hydrogens is 459 g/mol. The van der Waals surface area contributed by atoms with E-state index in [1.54, 1.807) is 13.8 Å². The van der Waals surface area contributed by atoms with Crippen molar-refractivity contribution in [3.8, 4) is 0 Å². The fourth-order valence-corrected chi connectivity index (χ4v) is 4.56. The maximum Gasteiger partial charge on any atom is 0.325 e. The highest BCUT2D eigenvalue weighted by Crippen LogP contribution is 2.25. The zero-order valence-corrected chi connectivity index (χ0v) is 19.1. The standard InChI is InChI=1S/C22H24ClFN2O5S/c1-13(2)19(26-32(29,30)18-5-3-4-15(23)12-18)22(28)31-20(21(27)25-17-10-11-17)14-6-8-16(24)9-7-14/h3-9,12-13,17,19-20,26H,10-11H2,1-2H3,(H,25,27)/t19-,20?/m0/s1. The number of benzene rings is 2. The molecule has 0 aromatic heterocycles. The van der Waals surface area contributed by atoms with Crippen LogP contribution in [0, 0.1) is 11.7 Å². The summed E-state index contributed by atoms with van der Waals surface area (Å²) in [4.78, 5) is 25.6. The van der Waals surface area contributed by atoms with Crippen molar-refractivity contribution < 1.29 is 27.1 Å². The molecule has 172 valence electrons. The number of halogens is 2. The number of ether oxygens (including phenoxy) is 1. The molecule has 0 bridgehead atoms. The van der Waals surface area contributed by atoms with Gasteiger partial charge in [-0.05, 0) is 49.1 Å². The van der Waals surface area contributed by atoms with Crippen LogP contribution in [0.25, 0.3) is 0 Å². The van der Waals surface area contributed by atoms with E-state index >= 15 is 0 Å². The second-order valence-corrected chi connectivity index (χ2v) is 10.1. The number of esters is 1. The third-order valence-corrected chi connectivity index (χ3v) is 6.55. The lowest BCUT2D eigenvalue weighted by Crippen LogP contribution is -2.46. The van der Waals surface area contributed by atoms with Gasteiger partial charge in [0, 0.05) is 16.6 Å². The second-order valence-electron chi connectivity index (χ2n) is 7.95. The number of sulfonamides is 1. The zero-order chi connectivity index (χ0) is 23.5. The molecule has 0 aliphatic heterocycles. The van der Waals surface area contributed by atoms with Gasteiger partial charge < -0.3 is 10.1 Å². The molecule has 2 aromatic rings. The van der Waals surface area contributed by atoms with Gasteiger partial charge in [0.15, 0.2) is 0 Å². The maximum absolute atomic E-state index is 13.3. The van der Waals surface area contributed by atoms with Gasteiger partial charge in [-0.15, -0.1) is 0 Å². The van der Waals surface area contributed by atoms with Crippen molar-refractivity contribution in [1.29, 1.82) is 0 Å². The summed E-state index contributed by atoms with van der Waals surface area (Å²) in [6.07, 6.45) is 0.300. The summed E-state index contributed by atoms with van der Waals surface area (Å²) in [6.45, 7) is 3.28. The van der Waals surface area contributed by atoms with E-state index in [0.717, 1.165) is 25.0 Å². The van der Waals surface area contributed by atoms with E-state index in [9.17, 15) is 22.4 Å². The summed E-state index contributed by atoms with van der Waals surface area (Å²) in [5.74, 6) is -2.47. The first-order chi connectivity index (χ1) is 15.1. The van der Waals surface area contributed by atoms with Crippen LogP contribution in [-0.2, 0) is 24.3 Å². The molecule has 1 unspecified atom stereocenters. The average Bonchev–Trinajstić information content (AvgIpc) is 3.54. The molecule has 1 saturated carbocycles. The van der Waals surface area contributed by atoms with Crippen molar-refractivity contribution in [3.05, 3.63) is 64.9 Å². The Bertz CT molecular complexity index is 1090. The van der Waals surface area contributed by atoms with E-state index < -0.39 is 45.8 Å². The van der Waals surface area contributed by atoms with Gasteiger partial charge >= 0.3 is 5.97 Å². The molecule has 3 rings (SSSR count). The van der Waals surface area contributed by atoms with Crippen LogP contribution in [-0.4, -0.2) is 32.4 Å². The summed E-state index contributed by atoms with van der Waals surface area (Å²) >= 11 is 5.89. The van der Waals surface area contributed by atoms with Gasteiger partial charge in [0.05, 0.1) is 4.90 Å². The molecule has 10 heteroatoms. The zero-order valence-electron chi connectivity index (χ0n) is 17.5. The molecule has 0 heterocycles. The molecule has 2 N–H and O–H groups in total. The lowest BCUT2D eigenvalue weighted by Gasteiger charge is -2.24. The van der Waals surface area contributed by atoms with Crippen molar-refractivity contribution in [3.63, 3.8) is 0 Å². The fraction of sp³-hybridized carbons (Fsp3) is 0.364. The van der Waals surface area contributed by atoms with Crippen molar-refractivity contribution >= 4 is 33.5 Å². The molecule has 7 nitrogen and oxygen atoms in total. The first-order valence-corrected chi connectivity index (χ1v) is 12.0. The quantitative estimate of drug-likeness (QED) is 0.534. The van der Waals surface area contributed by atoms with Crippen molar-refractivity contribution in [1.82, 2.24) is 10.0 Å². The normalized spacial score (nSPS) is 15.8. The van der Waals surface area contributed by atoms with Gasteiger partial charge in [0.1, 0.15) is 11.9 Å². The summed E-state index contributed by atoms with van der Waals surface area (Å²) in [6, 6.07) is 9.36. The average molecular weight is 483 g/mol. The Morgan fingerprint density at radius 1 is 1.12 bits per heavy atom. The van der Waals surface area contributed by atoms with Gasteiger partial charge in [-0.25, -0.2) is 12.8 Å². The predicted octanol–water partition coefficient (Wildman–Crippen LogP) is 3.35. The predicted molar refractivity (Wildman–Crippen MR) is 117 cm³/mol. The topological polar surface area (TPSA) is 102 Å². The second kappa shape index (κ2) is 9.97. The molecule has 1 aliphatic rings. The van der Waals surface area contributed by atoms with Gasteiger partial charge in [0.2, 0.25) is 16.1 Å². The molecule has 1 fully saturated rings. The molecule has 1 amide bonds. The summed E-state index contributed by atoms with van der Waals surface area (Å²) < 4.78 is 46.7. The summed E-state index contributed by atoms with van der Waals surface area (Å²) in [7, 11) is -4.09. The van der Waals surface area contributed by atoms with E-state index in [0.29, 0.717) is 0 Å². The molecular formula is C22H24ClFN2O5S. The number of carbonyl (C=O) groups excluding carboxylic acids is 2. The number of amides is 1. The van der Waals surface area contributed by atoms with E-state index in [1.165, 1.54) is 36.4 Å². The van der Waals surface area contributed by atoms with Crippen LogP contribution >= 0.6 is 11.6 Å². The van der Waals surface area contributed by atoms with Crippen LogP contribution in [0.3, 0.4) is 0 Å². The Kier molecular flexibility index (Phi) is 7.53. The van der Waals surface area contributed by atoms with Crippen LogP contribution in [0.4, 0.5) is 4.39 Å². The Labute approximate surface area is 191 Å². The lowest BCUT2D eigenvalue weighted by atomic mass is 10.1. The third kappa shape index (κ3) is 6.27. The first-order valence-electron chi connectivity index (χ1n) is 10.1. The Morgan fingerprint density at radius 2 is 1.78 bits per heavy atom. The van der Waals surface area contributed by atoms with E-state index in [1.807, 2.05) is 0 Å². The molecule has 2 atom stereocenters. The van der Waals surface area contributed by atoms with Crippen LogP contribution in [0.15, 0.2) is 53.4 Å². The van der Waals surface area contributed by atoms with Gasteiger partial charge in [0.25, 0.3) is 5.91 Å². The van der Waals surface area contributed by atoms with Crippen molar-refractivity contribution in [2.45, 2.75) is 49.8 Å². The number of hydrogen-bond acceptors (Lipinski definition) is 5.